The third-order valence-electron chi connectivity index (χ3n) is 3.38. The monoisotopic (exact) mass is 316 g/mol. The predicted octanol–water partition coefficient (Wildman–Crippen LogP) is 0.290. The van der Waals surface area contributed by atoms with Crippen LogP contribution in [0.3, 0.4) is 0 Å². The second-order valence-electron chi connectivity index (χ2n) is 4.59. The fourth-order valence-electron chi connectivity index (χ4n) is 2.22. The lowest BCUT2D eigenvalue weighted by atomic mass is 10.3. The fraction of sp³-hybridized carbons (Fsp3) is 0.455. The van der Waals surface area contributed by atoms with Gasteiger partial charge in [0.2, 0.25) is 10.0 Å². The van der Waals surface area contributed by atoms with Crippen LogP contribution in [-0.2, 0) is 14.8 Å². The van der Waals surface area contributed by atoms with Gasteiger partial charge in [-0.2, -0.15) is 4.31 Å². The third kappa shape index (κ3) is 2.97. The SMILES string of the molecule is COC1CCN(S(=O)(=O)c2ccc(NN)cc2[N+](=O)[O-])C1. The number of hydrazine groups is 1. The maximum Gasteiger partial charge on any atom is 0.291 e. The van der Waals surface area contributed by atoms with Gasteiger partial charge in [-0.25, -0.2) is 8.42 Å². The molecule has 1 aromatic rings. The molecule has 21 heavy (non-hydrogen) atoms. The summed E-state index contributed by atoms with van der Waals surface area (Å²) in [7, 11) is -2.43. The molecule has 116 valence electrons. The third-order valence-corrected chi connectivity index (χ3v) is 5.29. The summed E-state index contributed by atoms with van der Waals surface area (Å²) < 4.78 is 31.4. The molecule has 0 spiro atoms. The number of sulfonamides is 1. The number of hydrogen-bond acceptors (Lipinski definition) is 7. The highest BCUT2D eigenvalue weighted by atomic mass is 32.2. The van der Waals surface area contributed by atoms with Gasteiger partial charge in [-0.1, -0.05) is 0 Å². The summed E-state index contributed by atoms with van der Waals surface area (Å²) in [6.45, 7) is 0.460. The topological polar surface area (TPSA) is 128 Å². The molecule has 10 heteroatoms. The highest BCUT2D eigenvalue weighted by molar-refractivity contribution is 7.89. The average Bonchev–Trinajstić information content (AvgIpc) is 2.96. The molecule has 1 heterocycles. The normalized spacial score (nSPS) is 19.6. The van der Waals surface area contributed by atoms with Crippen molar-refractivity contribution < 1.29 is 18.1 Å². The number of methoxy groups -OCH3 is 1. The van der Waals surface area contributed by atoms with Crippen molar-refractivity contribution in [2.75, 3.05) is 25.6 Å². The van der Waals surface area contributed by atoms with Crippen LogP contribution in [-0.4, -0.2) is 43.9 Å². The number of rotatable bonds is 5. The molecule has 0 aliphatic carbocycles. The molecule has 1 atom stereocenters. The summed E-state index contributed by atoms with van der Waals surface area (Å²) in [5.41, 5.74) is 2.01. The van der Waals surface area contributed by atoms with E-state index in [1.807, 2.05) is 0 Å². The molecule has 1 fully saturated rings. The zero-order valence-electron chi connectivity index (χ0n) is 11.4. The van der Waals surface area contributed by atoms with Gasteiger partial charge in [0.15, 0.2) is 4.90 Å². The molecular weight excluding hydrogens is 300 g/mol. The lowest BCUT2D eigenvalue weighted by Gasteiger charge is -2.16. The van der Waals surface area contributed by atoms with Crippen LogP contribution in [0, 0.1) is 10.1 Å². The van der Waals surface area contributed by atoms with E-state index < -0.39 is 20.6 Å². The Morgan fingerprint density at radius 3 is 2.76 bits per heavy atom. The molecule has 2 rings (SSSR count). The first-order valence-corrected chi connectivity index (χ1v) is 7.62. The van der Waals surface area contributed by atoms with Crippen LogP contribution in [0.4, 0.5) is 11.4 Å². The predicted molar refractivity (Wildman–Crippen MR) is 75.1 cm³/mol. The van der Waals surface area contributed by atoms with Crippen molar-refractivity contribution in [2.24, 2.45) is 5.84 Å². The summed E-state index contributed by atoms with van der Waals surface area (Å²) in [4.78, 5) is 10.0. The van der Waals surface area contributed by atoms with E-state index in [4.69, 9.17) is 10.6 Å². The maximum absolute atomic E-state index is 12.5. The minimum absolute atomic E-state index is 0.187. The molecule has 0 saturated carbocycles. The Labute approximate surface area is 121 Å². The molecule has 0 aromatic heterocycles. The summed E-state index contributed by atoms with van der Waals surface area (Å²) in [6, 6.07) is 3.66. The van der Waals surface area contributed by atoms with Gasteiger partial charge in [0.25, 0.3) is 5.69 Å². The van der Waals surface area contributed by atoms with E-state index >= 15 is 0 Å². The quantitative estimate of drug-likeness (QED) is 0.454. The van der Waals surface area contributed by atoms with Gasteiger partial charge in [-0.3, -0.25) is 16.0 Å². The Kier molecular flexibility index (Phi) is 4.42. The van der Waals surface area contributed by atoms with Crippen LogP contribution in [0.25, 0.3) is 0 Å². The molecule has 3 N–H and O–H groups in total. The Morgan fingerprint density at radius 2 is 2.24 bits per heavy atom. The molecule has 1 aromatic carbocycles. The van der Waals surface area contributed by atoms with Crippen molar-refractivity contribution in [1.29, 1.82) is 0 Å². The van der Waals surface area contributed by atoms with Gasteiger partial charge in [-0.05, 0) is 18.6 Å². The fourth-order valence-corrected chi connectivity index (χ4v) is 3.84. The first-order valence-electron chi connectivity index (χ1n) is 6.18. The summed E-state index contributed by atoms with van der Waals surface area (Å²) in [5.74, 6) is 5.19. The number of nitrogens with zero attached hydrogens (tertiary/aromatic N) is 2. The summed E-state index contributed by atoms with van der Waals surface area (Å²) in [6.07, 6.45) is 0.371. The first-order chi connectivity index (χ1) is 9.90. The Bertz CT molecular complexity index is 648. The lowest BCUT2D eigenvalue weighted by molar-refractivity contribution is -0.387. The summed E-state index contributed by atoms with van der Waals surface area (Å²) >= 11 is 0. The largest absolute Gasteiger partial charge is 0.380 e. The van der Waals surface area contributed by atoms with Crippen LogP contribution >= 0.6 is 0 Å². The van der Waals surface area contributed by atoms with Crippen molar-refractivity contribution in [3.63, 3.8) is 0 Å². The highest BCUT2D eigenvalue weighted by Gasteiger charge is 2.36. The average molecular weight is 316 g/mol. The van der Waals surface area contributed by atoms with Crippen LogP contribution in [0.2, 0.25) is 0 Å². The van der Waals surface area contributed by atoms with Gasteiger partial charge < -0.3 is 10.2 Å². The number of nitro groups is 1. The second-order valence-corrected chi connectivity index (χ2v) is 6.50. The number of nitro benzene ring substituents is 1. The Morgan fingerprint density at radius 1 is 1.52 bits per heavy atom. The van der Waals surface area contributed by atoms with Crippen LogP contribution < -0.4 is 11.3 Å². The van der Waals surface area contributed by atoms with Gasteiger partial charge in [-0.15, -0.1) is 0 Å². The van der Waals surface area contributed by atoms with E-state index in [1.165, 1.54) is 23.5 Å². The number of benzene rings is 1. The van der Waals surface area contributed by atoms with E-state index in [0.717, 1.165) is 6.07 Å². The van der Waals surface area contributed by atoms with Gasteiger partial charge in [0.1, 0.15) is 0 Å². The highest BCUT2D eigenvalue weighted by Crippen LogP contribution is 2.31. The number of ether oxygens (including phenoxy) is 1. The number of nitrogens with one attached hydrogen (secondary N) is 1. The van der Waals surface area contributed by atoms with Gasteiger partial charge in [0.05, 0.1) is 16.7 Å². The van der Waals surface area contributed by atoms with E-state index in [9.17, 15) is 18.5 Å². The van der Waals surface area contributed by atoms with Crippen LogP contribution in [0.5, 0.6) is 0 Å². The molecule has 9 nitrogen and oxygen atoms in total. The first kappa shape index (κ1) is 15.6. The molecule has 1 aliphatic heterocycles. The number of hydrogen-bond donors (Lipinski definition) is 2. The second kappa shape index (κ2) is 5.93. The Balaban J connectivity index is 2.43. The smallest absolute Gasteiger partial charge is 0.291 e. The van der Waals surface area contributed by atoms with Crippen molar-refractivity contribution in [3.05, 3.63) is 28.3 Å². The van der Waals surface area contributed by atoms with Crippen molar-refractivity contribution >= 4 is 21.4 Å². The van der Waals surface area contributed by atoms with Crippen LogP contribution in [0.1, 0.15) is 6.42 Å². The van der Waals surface area contributed by atoms with E-state index in [-0.39, 0.29) is 29.8 Å². The molecule has 0 amide bonds. The van der Waals surface area contributed by atoms with E-state index in [1.54, 1.807) is 0 Å². The number of anilines is 1. The number of nitrogens with two attached hydrogens (primary N) is 1. The van der Waals surface area contributed by atoms with Crippen LogP contribution in [0.15, 0.2) is 23.1 Å². The molecular formula is C11H16N4O5S. The maximum atomic E-state index is 12.5. The minimum atomic E-state index is -3.94. The zero-order valence-corrected chi connectivity index (χ0v) is 12.2. The zero-order chi connectivity index (χ0) is 15.6. The van der Waals surface area contributed by atoms with Crippen molar-refractivity contribution in [1.82, 2.24) is 4.31 Å². The molecule has 1 unspecified atom stereocenters. The number of nitrogen functional groups attached to an aromatic ring is 1. The molecule has 0 radical (unpaired) electrons. The van der Waals surface area contributed by atoms with E-state index in [2.05, 4.69) is 5.43 Å². The van der Waals surface area contributed by atoms with Crippen molar-refractivity contribution in [3.8, 4) is 0 Å². The van der Waals surface area contributed by atoms with Gasteiger partial charge >= 0.3 is 0 Å². The lowest BCUT2D eigenvalue weighted by Crippen LogP contribution is -2.30. The molecule has 1 aliphatic rings. The molecule has 1 saturated heterocycles. The van der Waals surface area contributed by atoms with E-state index in [0.29, 0.717) is 6.42 Å². The molecule has 0 bridgehead atoms. The summed E-state index contributed by atoms with van der Waals surface area (Å²) in [5, 5.41) is 11.1. The van der Waals surface area contributed by atoms with Crippen molar-refractivity contribution in [2.45, 2.75) is 17.4 Å². The Hall–Kier alpha value is -1.75. The minimum Gasteiger partial charge on any atom is -0.380 e. The van der Waals surface area contributed by atoms with Gasteiger partial charge in [0, 0.05) is 26.3 Å². The standard InChI is InChI=1S/C11H16N4O5S/c1-20-9-4-5-14(7-9)21(18,19)11-3-2-8(13-12)6-10(11)15(16)17/h2-3,6,9,13H,4-5,7,12H2,1H3.